The van der Waals surface area contributed by atoms with Gasteiger partial charge in [-0.25, -0.2) is 0 Å². The lowest BCUT2D eigenvalue weighted by molar-refractivity contribution is 0.219. The fourth-order valence-electron chi connectivity index (χ4n) is 1.60. The van der Waals surface area contributed by atoms with Crippen molar-refractivity contribution >= 4 is 43.7 Å². The van der Waals surface area contributed by atoms with Gasteiger partial charge in [0.05, 0.1) is 0 Å². The Morgan fingerprint density at radius 3 is 1.25 bits per heavy atom. The Labute approximate surface area is 132 Å². The van der Waals surface area contributed by atoms with Crippen LogP contribution in [0.1, 0.15) is 11.1 Å². The summed E-state index contributed by atoms with van der Waals surface area (Å²) in [6.45, 7) is 0. The van der Waals surface area contributed by atoms with Crippen molar-refractivity contribution in [2.75, 3.05) is 0 Å². The summed E-state index contributed by atoms with van der Waals surface area (Å²) in [6, 6.07) is 15.1. The molecule has 2 aromatic carbocycles. The van der Waals surface area contributed by atoms with E-state index in [0.717, 1.165) is 20.1 Å². The van der Waals surface area contributed by atoms with Crippen molar-refractivity contribution in [1.82, 2.24) is 0 Å². The minimum Gasteiger partial charge on any atom is -0.329 e. The highest BCUT2D eigenvalue weighted by Crippen LogP contribution is 2.16. The van der Waals surface area contributed by atoms with Crippen LogP contribution in [-0.4, -0.2) is 11.8 Å². The summed E-state index contributed by atoms with van der Waals surface area (Å²) in [5.41, 5.74) is 1.60. The van der Waals surface area contributed by atoms with Gasteiger partial charge in [0.2, 0.25) is 0 Å². The van der Waals surface area contributed by atoms with Crippen molar-refractivity contribution in [3.8, 4) is 0 Å². The Balaban J connectivity index is 1.77. The van der Waals surface area contributed by atoms with Gasteiger partial charge in [0, 0.05) is 20.1 Å². The summed E-state index contributed by atoms with van der Waals surface area (Å²) in [6.07, 6.45) is 0. The summed E-state index contributed by atoms with van der Waals surface area (Å²) in [7, 11) is 0. The maximum absolute atomic E-state index is 5.29. The summed E-state index contributed by atoms with van der Waals surface area (Å²) >= 11 is 6.74. The van der Waals surface area contributed by atoms with E-state index in [9.17, 15) is 0 Å². The Hall–Kier alpha value is -1.66. The molecule has 0 saturated carbocycles. The van der Waals surface area contributed by atoms with Crippen LogP contribution in [0.4, 0.5) is 0 Å². The second-order valence-electron chi connectivity index (χ2n) is 3.99. The van der Waals surface area contributed by atoms with Crippen LogP contribution >= 0.6 is 31.9 Å². The second-order valence-corrected chi connectivity index (χ2v) is 5.82. The van der Waals surface area contributed by atoms with Crippen LogP contribution < -0.4 is 0 Å². The van der Waals surface area contributed by atoms with Crippen molar-refractivity contribution in [3.05, 3.63) is 68.6 Å². The van der Waals surface area contributed by atoms with E-state index in [-0.39, 0.29) is 0 Å². The molecule has 0 spiro atoms. The van der Waals surface area contributed by atoms with Crippen molar-refractivity contribution < 1.29 is 9.68 Å². The first-order chi connectivity index (χ1) is 9.72. The third kappa shape index (κ3) is 2.91. The smallest absolute Gasteiger partial charge is 0.291 e. The van der Waals surface area contributed by atoms with Gasteiger partial charge in [-0.1, -0.05) is 31.9 Å². The van der Waals surface area contributed by atoms with E-state index >= 15 is 0 Å². The largest absolute Gasteiger partial charge is 0.329 e. The van der Waals surface area contributed by atoms with Crippen LogP contribution in [0.3, 0.4) is 0 Å². The lowest BCUT2D eigenvalue weighted by atomic mass is 10.2. The summed E-state index contributed by atoms with van der Waals surface area (Å²) in [5.74, 6) is 0.664. The third-order valence-corrected chi connectivity index (χ3v) is 3.67. The quantitative estimate of drug-likeness (QED) is 0.761. The lowest BCUT2D eigenvalue weighted by Gasteiger charge is -2.11. The second kappa shape index (κ2) is 5.76. The summed E-state index contributed by atoms with van der Waals surface area (Å²) in [4.78, 5) is 10.6. The van der Waals surface area contributed by atoms with Gasteiger partial charge in [0.25, 0.3) is 11.8 Å². The first-order valence-corrected chi connectivity index (χ1v) is 7.33. The van der Waals surface area contributed by atoms with E-state index < -0.39 is 0 Å². The molecule has 100 valence electrons. The molecule has 0 radical (unpaired) electrons. The minimum absolute atomic E-state index is 0.332. The molecule has 0 bridgehead atoms. The number of hydrogen-bond donors (Lipinski definition) is 0. The molecule has 0 amide bonds. The molecule has 0 unspecified atom stereocenters. The van der Waals surface area contributed by atoms with Crippen LogP contribution in [0, 0.1) is 0 Å². The Morgan fingerprint density at radius 2 is 0.950 bits per heavy atom. The third-order valence-electron chi connectivity index (χ3n) is 2.61. The van der Waals surface area contributed by atoms with Crippen molar-refractivity contribution in [2.45, 2.75) is 0 Å². The topological polar surface area (TPSA) is 43.2 Å². The standard InChI is InChI=1S/C14H8Br2N2O2/c15-11-5-1-9(2-6-11)13-17-20-14(18-19-13)10-3-7-12(16)8-4-10/h1-8H. The first-order valence-electron chi connectivity index (χ1n) is 5.74. The Morgan fingerprint density at radius 1 is 0.600 bits per heavy atom. The van der Waals surface area contributed by atoms with Gasteiger partial charge in [-0.3, -0.25) is 0 Å². The van der Waals surface area contributed by atoms with Crippen molar-refractivity contribution in [2.24, 2.45) is 10.3 Å². The van der Waals surface area contributed by atoms with Gasteiger partial charge in [-0.05, 0) is 58.8 Å². The minimum atomic E-state index is 0.332. The maximum atomic E-state index is 5.29. The van der Waals surface area contributed by atoms with Crippen molar-refractivity contribution in [3.63, 3.8) is 0 Å². The molecular weight excluding hydrogens is 388 g/mol. The molecule has 3 rings (SSSR count). The van der Waals surface area contributed by atoms with Gasteiger partial charge < -0.3 is 9.68 Å². The molecule has 1 heterocycles. The molecule has 0 aromatic heterocycles. The molecular formula is C14H8Br2N2O2. The maximum Gasteiger partial charge on any atom is 0.291 e. The van der Waals surface area contributed by atoms with E-state index in [4.69, 9.17) is 9.68 Å². The van der Waals surface area contributed by atoms with E-state index in [1.165, 1.54) is 0 Å². The average molecular weight is 396 g/mol. The predicted octanol–water partition coefficient (Wildman–Crippen LogP) is 4.28. The fraction of sp³-hybridized carbons (Fsp3) is 0. The fourth-order valence-corrected chi connectivity index (χ4v) is 2.13. The van der Waals surface area contributed by atoms with E-state index in [1.54, 1.807) is 0 Å². The van der Waals surface area contributed by atoms with E-state index in [0.29, 0.717) is 11.8 Å². The monoisotopic (exact) mass is 394 g/mol. The number of benzene rings is 2. The van der Waals surface area contributed by atoms with Crippen LogP contribution in [0.2, 0.25) is 0 Å². The highest BCUT2D eigenvalue weighted by molar-refractivity contribution is 9.10. The van der Waals surface area contributed by atoms with Crippen LogP contribution in [0.25, 0.3) is 0 Å². The highest BCUT2D eigenvalue weighted by Gasteiger charge is 2.16. The zero-order valence-electron chi connectivity index (χ0n) is 10.1. The van der Waals surface area contributed by atoms with E-state index in [1.807, 2.05) is 48.5 Å². The van der Waals surface area contributed by atoms with Gasteiger partial charge >= 0.3 is 0 Å². The molecule has 6 heteroatoms. The van der Waals surface area contributed by atoms with Gasteiger partial charge in [-0.2, -0.15) is 0 Å². The first kappa shape index (κ1) is 13.3. The number of hydrogen-bond acceptors (Lipinski definition) is 4. The predicted molar refractivity (Wildman–Crippen MR) is 83.5 cm³/mol. The molecule has 0 saturated heterocycles. The molecule has 4 nitrogen and oxygen atoms in total. The number of rotatable bonds is 2. The zero-order valence-corrected chi connectivity index (χ0v) is 13.3. The molecule has 2 aromatic rings. The van der Waals surface area contributed by atoms with Gasteiger partial charge in [0.1, 0.15) is 0 Å². The molecule has 1 aliphatic rings. The van der Waals surface area contributed by atoms with Crippen LogP contribution in [0.15, 0.2) is 67.8 Å². The van der Waals surface area contributed by atoms with Crippen LogP contribution in [0.5, 0.6) is 0 Å². The molecule has 1 aliphatic heterocycles. The highest BCUT2D eigenvalue weighted by atomic mass is 79.9. The Kier molecular flexibility index (Phi) is 3.84. The van der Waals surface area contributed by atoms with Crippen LogP contribution in [-0.2, 0) is 9.68 Å². The summed E-state index contributed by atoms with van der Waals surface area (Å²) < 4.78 is 1.97. The Bertz CT molecular complexity index is 618. The van der Waals surface area contributed by atoms with Gasteiger partial charge in [0.15, 0.2) is 0 Å². The van der Waals surface area contributed by atoms with E-state index in [2.05, 4.69) is 42.2 Å². The molecule has 0 aliphatic carbocycles. The average Bonchev–Trinajstić information content (AvgIpc) is 2.49. The molecule has 0 fully saturated rings. The molecule has 20 heavy (non-hydrogen) atoms. The number of halogens is 2. The zero-order chi connectivity index (χ0) is 13.9. The normalized spacial score (nSPS) is 13.9. The van der Waals surface area contributed by atoms with Crippen molar-refractivity contribution in [1.29, 1.82) is 0 Å². The lowest BCUT2D eigenvalue weighted by Crippen LogP contribution is -2.15. The number of nitrogens with zero attached hydrogens (tertiary/aromatic N) is 2. The van der Waals surface area contributed by atoms with Gasteiger partial charge in [-0.15, -0.1) is 0 Å². The summed E-state index contributed by atoms with van der Waals surface area (Å²) in [5, 5.41) is 7.89. The number of oxime groups is 2. The SMILES string of the molecule is Brc1ccc(C2=NOC(c3ccc(Br)cc3)=NO2)cc1. The molecule has 0 N–H and O–H groups in total. The molecule has 0 atom stereocenters.